The number of nitrogens with one attached hydrogen (secondary N) is 1. The first-order chi connectivity index (χ1) is 9.47. The minimum absolute atomic E-state index is 0.0684. The van der Waals surface area contributed by atoms with Gasteiger partial charge in [-0.25, -0.2) is 0 Å². The highest BCUT2D eigenvalue weighted by Crippen LogP contribution is 2.25. The number of ether oxygens (including phenoxy) is 3. The van der Waals surface area contributed by atoms with Crippen molar-refractivity contribution < 1.29 is 19.0 Å². The lowest BCUT2D eigenvalue weighted by molar-refractivity contribution is -0.142. The molecule has 0 amide bonds. The van der Waals surface area contributed by atoms with Crippen LogP contribution in [0, 0.1) is 0 Å². The fraction of sp³-hybridized carbons (Fsp3) is 0.533. The normalized spacial score (nSPS) is 12.1. The molecule has 0 aromatic heterocycles. The van der Waals surface area contributed by atoms with Gasteiger partial charge in [0.15, 0.2) is 0 Å². The maximum atomic E-state index is 11.4. The van der Waals surface area contributed by atoms with Crippen LogP contribution in [0.5, 0.6) is 11.5 Å². The minimum atomic E-state index is -0.367. The van der Waals surface area contributed by atoms with Crippen molar-refractivity contribution in [3.8, 4) is 11.5 Å². The lowest BCUT2D eigenvalue weighted by Crippen LogP contribution is -2.34. The van der Waals surface area contributed by atoms with Gasteiger partial charge in [-0.2, -0.15) is 0 Å². The molecule has 20 heavy (non-hydrogen) atoms. The molecule has 0 radical (unpaired) electrons. The van der Waals surface area contributed by atoms with Crippen LogP contribution in [0.3, 0.4) is 0 Å². The molecule has 5 heteroatoms. The van der Waals surface area contributed by atoms with E-state index in [4.69, 9.17) is 9.47 Å². The molecule has 1 rings (SSSR count). The van der Waals surface area contributed by atoms with Crippen LogP contribution in [0.2, 0.25) is 0 Å². The van der Waals surface area contributed by atoms with Crippen LogP contribution in [0.25, 0.3) is 0 Å². The topological polar surface area (TPSA) is 56.8 Å². The number of esters is 1. The van der Waals surface area contributed by atoms with Gasteiger partial charge in [0, 0.05) is 18.2 Å². The SMILES string of the molecule is COC(=O)[C@@H](C)NCc1ccc(OC)cc1OC(C)C. The zero-order valence-electron chi connectivity index (χ0n) is 12.7. The molecular weight excluding hydrogens is 258 g/mol. The first kappa shape index (κ1) is 16.3. The van der Waals surface area contributed by atoms with E-state index >= 15 is 0 Å². The van der Waals surface area contributed by atoms with E-state index in [2.05, 4.69) is 10.1 Å². The molecule has 0 spiro atoms. The van der Waals surface area contributed by atoms with Crippen LogP contribution in [0.1, 0.15) is 26.3 Å². The van der Waals surface area contributed by atoms with E-state index in [1.807, 2.05) is 32.0 Å². The summed E-state index contributed by atoms with van der Waals surface area (Å²) in [5.41, 5.74) is 0.968. The van der Waals surface area contributed by atoms with Gasteiger partial charge in [0.1, 0.15) is 17.5 Å². The van der Waals surface area contributed by atoms with Crippen LogP contribution >= 0.6 is 0 Å². The predicted octanol–water partition coefficient (Wildman–Crippen LogP) is 2.13. The van der Waals surface area contributed by atoms with Crippen molar-refractivity contribution >= 4 is 5.97 Å². The summed E-state index contributed by atoms with van der Waals surface area (Å²) in [6, 6.07) is 5.27. The van der Waals surface area contributed by atoms with Crippen molar-refractivity contribution in [1.29, 1.82) is 0 Å². The van der Waals surface area contributed by atoms with E-state index in [1.165, 1.54) is 7.11 Å². The van der Waals surface area contributed by atoms with Crippen molar-refractivity contribution in [1.82, 2.24) is 5.32 Å². The molecule has 0 aliphatic rings. The molecule has 1 N–H and O–H groups in total. The van der Waals surface area contributed by atoms with Crippen LogP contribution < -0.4 is 14.8 Å². The molecule has 1 atom stereocenters. The molecule has 0 aliphatic heterocycles. The van der Waals surface area contributed by atoms with E-state index in [-0.39, 0.29) is 18.1 Å². The summed E-state index contributed by atoms with van der Waals surface area (Å²) in [6.07, 6.45) is 0.0684. The summed E-state index contributed by atoms with van der Waals surface area (Å²) in [5, 5.41) is 3.11. The summed E-state index contributed by atoms with van der Waals surface area (Å²) in [4.78, 5) is 11.4. The monoisotopic (exact) mass is 281 g/mol. The third-order valence-electron chi connectivity index (χ3n) is 2.79. The maximum absolute atomic E-state index is 11.4. The average molecular weight is 281 g/mol. The predicted molar refractivity (Wildman–Crippen MR) is 77.1 cm³/mol. The Balaban J connectivity index is 2.80. The fourth-order valence-electron chi connectivity index (χ4n) is 1.69. The Morgan fingerprint density at radius 3 is 2.50 bits per heavy atom. The van der Waals surface area contributed by atoms with Gasteiger partial charge in [-0.05, 0) is 26.8 Å². The quantitative estimate of drug-likeness (QED) is 0.776. The molecule has 0 saturated carbocycles. The zero-order valence-corrected chi connectivity index (χ0v) is 12.7. The van der Waals surface area contributed by atoms with Gasteiger partial charge >= 0.3 is 5.97 Å². The van der Waals surface area contributed by atoms with E-state index < -0.39 is 0 Å². The number of benzene rings is 1. The van der Waals surface area contributed by atoms with Gasteiger partial charge < -0.3 is 19.5 Å². The second kappa shape index (κ2) is 7.75. The van der Waals surface area contributed by atoms with Gasteiger partial charge in [-0.3, -0.25) is 4.79 Å². The van der Waals surface area contributed by atoms with E-state index in [0.717, 1.165) is 17.1 Å². The highest BCUT2D eigenvalue weighted by molar-refractivity contribution is 5.75. The van der Waals surface area contributed by atoms with E-state index in [1.54, 1.807) is 14.0 Å². The Morgan fingerprint density at radius 1 is 1.25 bits per heavy atom. The molecule has 1 aromatic rings. The Labute approximate surface area is 120 Å². The smallest absolute Gasteiger partial charge is 0.322 e. The molecule has 1 aromatic carbocycles. The number of carbonyl (C=O) groups excluding carboxylic acids is 1. The van der Waals surface area contributed by atoms with E-state index in [0.29, 0.717) is 6.54 Å². The number of rotatable bonds is 7. The van der Waals surface area contributed by atoms with Crippen molar-refractivity contribution in [3.63, 3.8) is 0 Å². The van der Waals surface area contributed by atoms with Gasteiger partial charge in [0.25, 0.3) is 0 Å². The fourth-order valence-corrected chi connectivity index (χ4v) is 1.69. The first-order valence-electron chi connectivity index (χ1n) is 6.62. The summed E-state index contributed by atoms with van der Waals surface area (Å²) in [6.45, 7) is 6.21. The van der Waals surface area contributed by atoms with Gasteiger partial charge in [-0.1, -0.05) is 6.07 Å². The number of hydrogen-bond acceptors (Lipinski definition) is 5. The summed E-state index contributed by atoms with van der Waals surface area (Å²) < 4.78 is 15.6. The van der Waals surface area contributed by atoms with Crippen molar-refractivity contribution in [2.75, 3.05) is 14.2 Å². The molecule has 0 aliphatic carbocycles. The number of methoxy groups -OCH3 is 2. The zero-order chi connectivity index (χ0) is 15.1. The largest absolute Gasteiger partial charge is 0.497 e. The molecule has 0 unspecified atom stereocenters. The highest BCUT2D eigenvalue weighted by atomic mass is 16.5. The second-order valence-corrected chi connectivity index (χ2v) is 4.77. The molecule has 5 nitrogen and oxygen atoms in total. The Kier molecular flexibility index (Phi) is 6.31. The summed E-state index contributed by atoms with van der Waals surface area (Å²) in [7, 11) is 2.99. The second-order valence-electron chi connectivity index (χ2n) is 4.77. The highest BCUT2D eigenvalue weighted by Gasteiger charge is 2.14. The Bertz CT molecular complexity index is 445. The van der Waals surface area contributed by atoms with Gasteiger partial charge in [0.2, 0.25) is 0 Å². The molecule has 112 valence electrons. The maximum Gasteiger partial charge on any atom is 0.322 e. The molecular formula is C15H23NO4. The van der Waals surface area contributed by atoms with Crippen molar-refractivity contribution in [2.45, 2.75) is 39.5 Å². The first-order valence-corrected chi connectivity index (χ1v) is 6.62. The van der Waals surface area contributed by atoms with Gasteiger partial charge in [-0.15, -0.1) is 0 Å². The number of hydrogen-bond donors (Lipinski definition) is 1. The van der Waals surface area contributed by atoms with Gasteiger partial charge in [0.05, 0.1) is 20.3 Å². The lowest BCUT2D eigenvalue weighted by atomic mass is 10.1. The molecule has 0 bridgehead atoms. The Hall–Kier alpha value is -1.75. The van der Waals surface area contributed by atoms with Crippen molar-refractivity contribution in [2.24, 2.45) is 0 Å². The minimum Gasteiger partial charge on any atom is -0.497 e. The van der Waals surface area contributed by atoms with Crippen LogP contribution in [0.4, 0.5) is 0 Å². The molecule has 0 heterocycles. The van der Waals surface area contributed by atoms with Crippen LogP contribution in [-0.4, -0.2) is 32.3 Å². The lowest BCUT2D eigenvalue weighted by Gasteiger charge is -2.17. The molecule has 0 saturated heterocycles. The van der Waals surface area contributed by atoms with Crippen LogP contribution in [0.15, 0.2) is 18.2 Å². The standard InChI is InChI=1S/C15H23NO4/c1-10(2)20-14-8-13(18-4)7-6-12(14)9-16-11(3)15(17)19-5/h6-8,10-11,16H,9H2,1-5H3/t11-/m1/s1. The average Bonchev–Trinajstić information content (AvgIpc) is 2.43. The van der Waals surface area contributed by atoms with E-state index in [9.17, 15) is 4.79 Å². The Morgan fingerprint density at radius 2 is 1.95 bits per heavy atom. The summed E-state index contributed by atoms with van der Waals surface area (Å²) >= 11 is 0. The number of carbonyl (C=O) groups is 1. The third kappa shape index (κ3) is 4.74. The van der Waals surface area contributed by atoms with Crippen LogP contribution in [-0.2, 0) is 16.1 Å². The summed E-state index contributed by atoms with van der Waals surface area (Å²) in [5.74, 6) is 1.21. The third-order valence-corrected chi connectivity index (χ3v) is 2.79. The molecule has 0 fully saturated rings. The van der Waals surface area contributed by atoms with Crippen molar-refractivity contribution in [3.05, 3.63) is 23.8 Å².